The van der Waals surface area contributed by atoms with E-state index in [1.54, 1.807) is 18.6 Å². The van der Waals surface area contributed by atoms with Crippen molar-refractivity contribution in [1.82, 2.24) is 4.57 Å². The minimum atomic E-state index is -0.843. The van der Waals surface area contributed by atoms with E-state index < -0.39 is 12.0 Å². The largest absolute Gasteiger partial charge is 0.496 e. The third kappa shape index (κ3) is 5.15. The average molecular weight is 590 g/mol. The number of rotatable bonds is 7. The Morgan fingerprint density at radius 1 is 0.977 bits per heavy atom. The SMILES string of the molecule is CCOC(=O)C1=C(c2ccccc2)N=c2s/c(=C\c3ccc(N(C)C)cc3)c(=O)n2C1c1c(OC)ccc2ccccc12. The molecule has 5 aromatic rings. The third-order valence-corrected chi connectivity index (χ3v) is 8.49. The zero-order valence-electron chi connectivity index (χ0n) is 24.4. The molecule has 1 aliphatic rings. The van der Waals surface area contributed by atoms with Gasteiger partial charge in [0.2, 0.25) is 0 Å². The van der Waals surface area contributed by atoms with E-state index in [-0.39, 0.29) is 17.7 Å². The summed E-state index contributed by atoms with van der Waals surface area (Å²) in [5, 5.41) is 1.83. The fraction of sp³-hybridized carbons (Fsp3) is 0.171. The summed E-state index contributed by atoms with van der Waals surface area (Å²) >= 11 is 1.30. The Labute approximate surface area is 253 Å². The predicted molar refractivity (Wildman–Crippen MR) is 172 cm³/mol. The maximum Gasteiger partial charge on any atom is 0.338 e. The van der Waals surface area contributed by atoms with Gasteiger partial charge in [-0.1, -0.05) is 84.1 Å². The Morgan fingerprint density at radius 2 is 1.70 bits per heavy atom. The van der Waals surface area contributed by atoms with Crippen molar-refractivity contribution in [3.63, 3.8) is 0 Å². The number of esters is 1. The Hall–Kier alpha value is -4.95. The van der Waals surface area contributed by atoms with Gasteiger partial charge in [-0.05, 0) is 47.5 Å². The highest BCUT2D eigenvalue weighted by molar-refractivity contribution is 7.07. The lowest BCUT2D eigenvalue weighted by atomic mass is 9.89. The van der Waals surface area contributed by atoms with Crippen LogP contribution in [-0.4, -0.2) is 38.3 Å². The molecule has 0 radical (unpaired) electrons. The number of thiazole rings is 1. The van der Waals surface area contributed by atoms with Crippen molar-refractivity contribution in [2.24, 2.45) is 4.99 Å². The number of aromatic nitrogens is 1. The smallest absolute Gasteiger partial charge is 0.338 e. The van der Waals surface area contributed by atoms with Gasteiger partial charge in [0.1, 0.15) is 11.8 Å². The van der Waals surface area contributed by atoms with Gasteiger partial charge in [-0.25, -0.2) is 9.79 Å². The van der Waals surface area contributed by atoms with Crippen LogP contribution in [0.2, 0.25) is 0 Å². The number of methoxy groups -OCH3 is 1. The van der Waals surface area contributed by atoms with Gasteiger partial charge in [0, 0.05) is 30.9 Å². The number of carbonyl (C=O) groups excluding carboxylic acids is 1. The van der Waals surface area contributed by atoms with E-state index in [1.165, 1.54) is 11.3 Å². The average Bonchev–Trinajstić information content (AvgIpc) is 3.34. The van der Waals surface area contributed by atoms with E-state index in [1.807, 2.05) is 116 Å². The molecule has 4 aromatic carbocycles. The molecule has 0 amide bonds. The van der Waals surface area contributed by atoms with Gasteiger partial charge in [-0.15, -0.1) is 0 Å². The van der Waals surface area contributed by atoms with Gasteiger partial charge >= 0.3 is 5.97 Å². The number of benzene rings is 4. The van der Waals surface area contributed by atoms with Crippen molar-refractivity contribution < 1.29 is 14.3 Å². The summed E-state index contributed by atoms with van der Waals surface area (Å²) in [6.07, 6.45) is 1.87. The highest BCUT2D eigenvalue weighted by atomic mass is 32.1. The highest BCUT2D eigenvalue weighted by Gasteiger charge is 2.37. The van der Waals surface area contributed by atoms with Crippen LogP contribution >= 0.6 is 11.3 Å². The summed E-state index contributed by atoms with van der Waals surface area (Å²) in [7, 11) is 5.57. The first-order chi connectivity index (χ1) is 20.9. The summed E-state index contributed by atoms with van der Waals surface area (Å²) in [6, 6.07) is 28.5. The summed E-state index contributed by atoms with van der Waals surface area (Å²) in [6.45, 7) is 1.95. The van der Waals surface area contributed by atoms with Crippen LogP contribution in [0.4, 0.5) is 5.69 Å². The number of carbonyl (C=O) groups is 1. The monoisotopic (exact) mass is 589 g/mol. The number of fused-ring (bicyclic) bond motifs is 2. The van der Waals surface area contributed by atoms with Gasteiger partial charge in [0.05, 0.1) is 29.5 Å². The van der Waals surface area contributed by atoms with Crippen LogP contribution in [0.5, 0.6) is 5.75 Å². The quantitative estimate of drug-likeness (QED) is 0.245. The standard InChI is InChI=1S/C35H31N3O4S/c1-5-42-34(40)30-31(24-12-7-6-8-13-24)36-35-38(32(30)29-26-14-10-9-11-23(26)17-20-27(29)41-4)33(39)28(43-35)21-22-15-18-25(19-16-22)37(2)3/h6-21,32H,5H2,1-4H3/b28-21-. The van der Waals surface area contributed by atoms with E-state index in [4.69, 9.17) is 14.5 Å². The molecular weight excluding hydrogens is 558 g/mol. The lowest BCUT2D eigenvalue weighted by molar-refractivity contribution is -0.138. The molecule has 1 aliphatic heterocycles. The number of hydrogen-bond acceptors (Lipinski definition) is 7. The molecule has 0 fully saturated rings. The zero-order chi connectivity index (χ0) is 30.1. The fourth-order valence-electron chi connectivity index (χ4n) is 5.47. The zero-order valence-corrected chi connectivity index (χ0v) is 25.2. The van der Waals surface area contributed by atoms with Gasteiger partial charge < -0.3 is 14.4 Å². The molecule has 0 spiro atoms. The number of nitrogens with zero attached hydrogens (tertiary/aromatic N) is 3. The Morgan fingerprint density at radius 3 is 2.40 bits per heavy atom. The molecular formula is C35H31N3O4S. The molecule has 1 unspecified atom stereocenters. The summed E-state index contributed by atoms with van der Waals surface area (Å²) < 4.78 is 13.7. The Bertz CT molecular complexity index is 2040. The molecule has 0 bridgehead atoms. The maximum absolute atomic E-state index is 14.3. The van der Waals surface area contributed by atoms with Gasteiger partial charge in [0.15, 0.2) is 4.80 Å². The summed E-state index contributed by atoms with van der Waals surface area (Å²) in [5.41, 5.74) is 3.94. The highest BCUT2D eigenvalue weighted by Crippen LogP contribution is 2.42. The second-order valence-corrected chi connectivity index (χ2v) is 11.3. The number of ether oxygens (including phenoxy) is 2. The maximum atomic E-state index is 14.3. The molecule has 8 heteroatoms. The molecule has 1 atom stereocenters. The normalized spacial score (nSPS) is 14.8. The van der Waals surface area contributed by atoms with E-state index in [0.29, 0.717) is 26.3 Å². The lowest BCUT2D eigenvalue weighted by Crippen LogP contribution is -2.40. The van der Waals surface area contributed by atoms with Crippen LogP contribution < -0.4 is 24.5 Å². The first kappa shape index (κ1) is 28.2. The topological polar surface area (TPSA) is 73.1 Å². The molecule has 43 heavy (non-hydrogen) atoms. The molecule has 0 N–H and O–H groups in total. The predicted octanol–water partition coefficient (Wildman–Crippen LogP) is 5.16. The van der Waals surface area contributed by atoms with Crippen molar-refractivity contribution >= 4 is 45.5 Å². The Kier molecular flexibility index (Phi) is 7.69. The van der Waals surface area contributed by atoms with E-state index in [2.05, 4.69) is 0 Å². The number of anilines is 1. The molecule has 216 valence electrons. The first-order valence-corrected chi connectivity index (χ1v) is 14.8. The van der Waals surface area contributed by atoms with Crippen molar-refractivity contribution in [2.75, 3.05) is 32.7 Å². The minimum absolute atomic E-state index is 0.178. The van der Waals surface area contributed by atoms with Crippen molar-refractivity contribution in [2.45, 2.75) is 13.0 Å². The van der Waals surface area contributed by atoms with E-state index >= 15 is 0 Å². The third-order valence-electron chi connectivity index (χ3n) is 7.50. The van der Waals surface area contributed by atoms with Crippen LogP contribution in [0.15, 0.2) is 106 Å². The van der Waals surface area contributed by atoms with Crippen LogP contribution in [0.25, 0.3) is 22.5 Å². The minimum Gasteiger partial charge on any atom is -0.496 e. The number of hydrogen-bond donors (Lipinski definition) is 0. The second kappa shape index (κ2) is 11.7. The van der Waals surface area contributed by atoms with Crippen LogP contribution in [-0.2, 0) is 9.53 Å². The Balaban J connectivity index is 1.70. The molecule has 0 aliphatic carbocycles. The molecule has 0 saturated heterocycles. The molecule has 6 rings (SSSR count). The van der Waals surface area contributed by atoms with Crippen LogP contribution in [0.3, 0.4) is 0 Å². The molecule has 0 saturated carbocycles. The van der Waals surface area contributed by atoms with Crippen molar-refractivity contribution in [3.8, 4) is 5.75 Å². The van der Waals surface area contributed by atoms with Crippen molar-refractivity contribution in [3.05, 3.63) is 133 Å². The summed E-state index contributed by atoms with van der Waals surface area (Å²) in [4.78, 5) is 35.7. The van der Waals surface area contributed by atoms with Gasteiger partial charge in [-0.3, -0.25) is 9.36 Å². The van der Waals surface area contributed by atoms with Crippen LogP contribution in [0, 0.1) is 0 Å². The van der Waals surface area contributed by atoms with Gasteiger partial charge in [0.25, 0.3) is 5.56 Å². The lowest BCUT2D eigenvalue weighted by Gasteiger charge is -2.28. The summed E-state index contributed by atoms with van der Waals surface area (Å²) in [5.74, 6) is 0.0345. The van der Waals surface area contributed by atoms with Crippen LogP contribution in [0.1, 0.15) is 29.7 Å². The second-order valence-electron chi connectivity index (χ2n) is 10.3. The molecule has 1 aromatic heterocycles. The fourth-order valence-corrected chi connectivity index (χ4v) is 6.47. The van der Waals surface area contributed by atoms with E-state index in [0.717, 1.165) is 27.6 Å². The van der Waals surface area contributed by atoms with Gasteiger partial charge in [-0.2, -0.15) is 0 Å². The first-order valence-electron chi connectivity index (χ1n) is 14.0. The molecule has 2 heterocycles. The van der Waals surface area contributed by atoms with Crippen molar-refractivity contribution in [1.29, 1.82) is 0 Å². The van der Waals surface area contributed by atoms with E-state index in [9.17, 15) is 9.59 Å². The molecule has 7 nitrogen and oxygen atoms in total.